The summed E-state index contributed by atoms with van der Waals surface area (Å²) in [6.07, 6.45) is -1.53. The zero-order chi connectivity index (χ0) is 18.4. The lowest BCUT2D eigenvalue weighted by atomic mass is 9.98. The van der Waals surface area contributed by atoms with Crippen molar-refractivity contribution in [3.05, 3.63) is 108 Å². The Kier molecular flexibility index (Phi) is 5.34. The second-order valence-electron chi connectivity index (χ2n) is 5.61. The Labute approximate surface area is 151 Å². The maximum atomic E-state index is 12.8. The molecule has 0 amide bonds. The van der Waals surface area contributed by atoms with E-state index in [9.17, 15) is 14.4 Å². The van der Waals surface area contributed by atoms with Crippen LogP contribution in [0.5, 0.6) is 0 Å². The fourth-order valence-corrected chi connectivity index (χ4v) is 2.48. The van der Waals surface area contributed by atoms with Crippen LogP contribution in [-0.2, 0) is 4.74 Å². The van der Waals surface area contributed by atoms with E-state index in [4.69, 9.17) is 4.74 Å². The van der Waals surface area contributed by atoms with Gasteiger partial charge in [0.2, 0.25) is 17.7 Å². The van der Waals surface area contributed by atoms with Gasteiger partial charge in [-0.05, 0) is 12.1 Å². The molecule has 0 spiro atoms. The molecule has 3 aromatic rings. The van der Waals surface area contributed by atoms with Crippen molar-refractivity contribution < 1.29 is 19.1 Å². The highest BCUT2D eigenvalue weighted by atomic mass is 16.5. The lowest BCUT2D eigenvalue weighted by molar-refractivity contribution is 0.0274. The van der Waals surface area contributed by atoms with Crippen LogP contribution in [0.1, 0.15) is 31.1 Å². The molecule has 0 N–H and O–H groups in total. The van der Waals surface area contributed by atoms with E-state index < -0.39 is 23.6 Å². The summed E-state index contributed by atoms with van der Waals surface area (Å²) in [6.45, 7) is 0. The summed E-state index contributed by atoms with van der Waals surface area (Å²) in [5.41, 5.74) is 0.893. The molecule has 26 heavy (non-hydrogen) atoms. The average Bonchev–Trinajstić information content (AvgIpc) is 2.73. The quantitative estimate of drug-likeness (QED) is 0.385. The van der Waals surface area contributed by atoms with Gasteiger partial charge in [-0.25, -0.2) is 4.79 Å². The number of benzene rings is 3. The molecule has 0 heterocycles. The molecular weight excluding hydrogens is 328 g/mol. The first kappa shape index (κ1) is 17.3. The third kappa shape index (κ3) is 3.92. The van der Waals surface area contributed by atoms with E-state index in [2.05, 4.69) is 0 Å². The monoisotopic (exact) mass is 344 g/mol. The molecule has 3 aromatic carbocycles. The smallest absolute Gasteiger partial charge is 0.339 e. The molecule has 0 aromatic heterocycles. The van der Waals surface area contributed by atoms with Gasteiger partial charge in [0.1, 0.15) is 0 Å². The molecular formula is C22H16O4. The molecule has 128 valence electrons. The Hall–Kier alpha value is -3.53. The SMILES string of the molecule is O=C(OC(C(=O)c1ccccc1)C(=O)c1ccccc1)c1ccccc1. The van der Waals surface area contributed by atoms with Crippen LogP contribution >= 0.6 is 0 Å². The van der Waals surface area contributed by atoms with E-state index in [0.29, 0.717) is 11.1 Å². The standard InChI is InChI=1S/C22H16O4/c23-19(16-10-4-1-5-11-16)21(20(24)17-12-6-2-7-13-17)26-22(25)18-14-8-3-9-15-18/h1-15,21H. The van der Waals surface area contributed by atoms with E-state index in [1.165, 1.54) is 0 Å². The van der Waals surface area contributed by atoms with Gasteiger partial charge in [-0.2, -0.15) is 0 Å². The average molecular weight is 344 g/mol. The van der Waals surface area contributed by atoms with Gasteiger partial charge < -0.3 is 4.74 Å². The van der Waals surface area contributed by atoms with Gasteiger partial charge in [-0.15, -0.1) is 0 Å². The predicted molar refractivity (Wildman–Crippen MR) is 97.2 cm³/mol. The van der Waals surface area contributed by atoms with Crippen LogP contribution < -0.4 is 0 Å². The summed E-state index contributed by atoms with van der Waals surface area (Å²) in [7, 11) is 0. The second-order valence-corrected chi connectivity index (χ2v) is 5.61. The van der Waals surface area contributed by atoms with Crippen molar-refractivity contribution in [1.82, 2.24) is 0 Å². The highest BCUT2D eigenvalue weighted by Gasteiger charge is 2.32. The minimum Gasteiger partial charge on any atom is -0.442 e. The minimum atomic E-state index is -1.53. The molecule has 4 nitrogen and oxygen atoms in total. The predicted octanol–water partition coefficient (Wildman–Crippen LogP) is 3.98. The number of hydrogen-bond acceptors (Lipinski definition) is 4. The summed E-state index contributed by atoms with van der Waals surface area (Å²) < 4.78 is 5.33. The van der Waals surface area contributed by atoms with Crippen LogP contribution in [0.25, 0.3) is 0 Å². The number of Topliss-reactive ketones (excluding diaryl/α,β-unsaturated/α-hetero) is 2. The molecule has 4 heteroatoms. The van der Waals surface area contributed by atoms with Crippen molar-refractivity contribution in [3.63, 3.8) is 0 Å². The number of esters is 1. The van der Waals surface area contributed by atoms with Gasteiger partial charge in [0.15, 0.2) is 0 Å². The lowest BCUT2D eigenvalue weighted by Gasteiger charge is -2.16. The van der Waals surface area contributed by atoms with Gasteiger partial charge in [-0.1, -0.05) is 78.9 Å². The Morgan fingerprint density at radius 2 is 0.885 bits per heavy atom. The van der Waals surface area contributed by atoms with Crippen molar-refractivity contribution in [3.8, 4) is 0 Å². The zero-order valence-electron chi connectivity index (χ0n) is 13.9. The van der Waals surface area contributed by atoms with Crippen molar-refractivity contribution in [2.75, 3.05) is 0 Å². The van der Waals surface area contributed by atoms with E-state index in [1.807, 2.05) is 0 Å². The Bertz CT molecular complexity index is 851. The van der Waals surface area contributed by atoms with Crippen LogP contribution in [0.4, 0.5) is 0 Å². The molecule has 0 bridgehead atoms. The van der Waals surface area contributed by atoms with Crippen molar-refractivity contribution in [1.29, 1.82) is 0 Å². The third-order valence-electron chi connectivity index (χ3n) is 3.83. The molecule has 0 atom stereocenters. The number of rotatable bonds is 6. The van der Waals surface area contributed by atoms with Crippen LogP contribution in [-0.4, -0.2) is 23.6 Å². The minimum absolute atomic E-state index is 0.277. The Balaban J connectivity index is 1.92. The van der Waals surface area contributed by atoms with Crippen LogP contribution in [0.2, 0.25) is 0 Å². The molecule has 0 unspecified atom stereocenters. The maximum absolute atomic E-state index is 12.8. The molecule has 0 fully saturated rings. The fraction of sp³-hybridized carbons (Fsp3) is 0.0455. The van der Waals surface area contributed by atoms with Gasteiger partial charge in [0, 0.05) is 11.1 Å². The summed E-state index contributed by atoms with van der Waals surface area (Å²) in [5.74, 6) is -1.82. The molecule has 3 rings (SSSR count). The first-order chi connectivity index (χ1) is 12.7. The molecule has 0 radical (unpaired) electrons. The summed E-state index contributed by atoms with van der Waals surface area (Å²) in [5, 5.41) is 0. The van der Waals surface area contributed by atoms with E-state index in [1.54, 1.807) is 91.0 Å². The number of ether oxygens (including phenoxy) is 1. The van der Waals surface area contributed by atoms with E-state index >= 15 is 0 Å². The van der Waals surface area contributed by atoms with E-state index in [-0.39, 0.29) is 5.56 Å². The maximum Gasteiger partial charge on any atom is 0.339 e. The first-order valence-electron chi connectivity index (χ1n) is 8.11. The highest BCUT2D eigenvalue weighted by molar-refractivity contribution is 6.19. The lowest BCUT2D eigenvalue weighted by Crippen LogP contribution is -2.35. The Morgan fingerprint density at radius 1 is 0.538 bits per heavy atom. The second kappa shape index (κ2) is 8.03. The first-order valence-corrected chi connectivity index (χ1v) is 8.11. The molecule has 0 saturated heterocycles. The number of carbonyl (C=O) groups is 3. The number of ketones is 2. The summed E-state index contributed by atoms with van der Waals surface area (Å²) in [6, 6.07) is 24.9. The third-order valence-corrected chi connectivity index (χ3v) is 3.83. The normalized spacial score (nSPS) is 10.3. The molecule has 0 aliphatic carbocycles. The molecule has 0 aliphatic rings. The van der Waals surface area contributed by atoms with Gasteiger partial charge >= 0.3 is 5.97 Å². The number of hydrogen-bond donors (Lipinski definition) is 0. The van der Waals surface area contributed by atoms with Crippen molar-refractivity contribution in [2.45, 2.75) is 6.10 Å². The van der Waals surface area contributed by atoms with Crippen molar-refractivity contribution in [2.24, 2.45) is 0 Å². The van der Waals surface area contributed by atoms with Gasteiger partial charge in [0.05, 0.1) is 5.56 Å². The summed E-state index contributed by atoms with van der Waals surface area (Å²) in [4.78, 5) is 38.1. The Morgan fingerprint density at radius 3 is 1.27 bits per heavy atom. The largest absolute Gasteiger partial charge is 0.442 e. The van der Waals surface area contributed by atoms with Gasteiger partial charge in [-0.3, -0.25) is 9.59 Å². The fourth-order valence-electron chi connectivity index (χ4n) is 2.48. The summed E-state index contributed by atoms with van der Waals surface area (Å²) >= 11 is 0. The highest BCUT2D eigenvalue weighted by Crippen LogP contribution is 2.15. The molecule has 0 saturated carbocycles. The van der Waals surface area contributed by atoms with Crippen LogP contribution in [0.3, 0.4) is 0 Å². The van der Waals surface area contributed by atoms with Crippen molar-refractivity contribution >= 4 is 17.5 Å². The number of carbonyl (C=O) groups excluding carboxylic acids is 3. The van der Waals surface area contributed by atoms with E-state index in [0.717, 1.165) is 0 Å². The zero-order valence-corrected chi connectivity index (χ0v) is 13.9. The van der Waals surface area contributed by atoms with Crippen LogP contribution in [0, 0.1) is 0 Å². The topological polar surface area (TPSA) is 60.4 Å². The van der Waals surface area contributed by atoms with Gasteiger partial charge in [0.25, 0.3) is 0 Å². The van der Waals surface area contributed by atoms with Crippen LogP contribution in [0.15, 0.2) is 91.0 Å². The molecule has 0 aliphatic heterocycles.